The summed E-state index contributed by atoms with van der Waals surface area (Å²) in [6.45, 7) is 11.6. The van der Waals surface area contributed by atoms with Gasteiger partial charge in [-0.05, 0) is 68.4 Å². The molecule has 3 aromatic rings. The molecule has 1 aliphatic rings. The van der Waals surface area contributed by atoms with Crippen LogP contribution in [-0.2, 0) is 9.59 Å². The van der Waals surface area contributed by atoms with Crippen LogP contribution in [0.4, 0.5) is 17.1 Å². The number of nitrogens with one attached hydrogen (secondary N) is 1. The lowest BCUT2D eigenvalue weighted by molar-refractivity contribution is -0.118. The summed E-state index contributed by atoms with van der Waals surface area (Å²) in [5, 5.41) is 3.01. The van der Waals surface area contributed by atoms with Crippen molar-refractivity contribution in [3.05, 3.63) is 77.9 Å². The number of ether oxygens (including phenoxy) is 2. The van der Waals surface area contributed by atoms with Crippen LogP contribution in [0.25, 0.3) is 0 Å². The molecular formula is C33H40N4O4. The molecule has 2 amide bonds. The van der Waals surface area contributed by atoms with E-state index in [1.54, 1.807) is 11.9 Å². The van der Waals surface area contributed by atoms with Gasteiger partial charge in [-0.2, -0.15) is 0 Å². The van der Waals surface area contributed by atoms with Crippen molar-refractivity contribution in [1.29, 1.82) is 0 Å². The summed E-state index contributed by atoms with van der Waals surface area (Å²) in [5.74, 6) is 0.465. The Bertz CT molecular complexity index is 1370. The Kier molecular flexibility index (Phi) is 10.1. The summed E-state index contributed by atoms with van der Waals surface area (Å²) in [6, 6.07) is 21.0. The van der Waals surface area contributed by atoms with Crippen molar-refractivity contribution in [2.24, 2.45) is 4.99 Å². The number of anilines is 2. The van der Waals surface area contributed by atoms with Crippen molar-refractivity contribution in [1.82, 2.24) is 4.90 Å². The van der Waals surface area contributed by atoms with Gasteiger partial charge in [-0.3, -0.25) is 14.6 Å². The van der Waals surface area contributed by atoms with Crippen LogP contribution in [0.15, 0.2) is 71.7 Å². The monoisotopic (exact) mass is 556 g/mol. The van der Waals surface area contributed by atoms with E-state index < -0.39 is 5.92 Å². The molecule has 216 valence electrons. The highest BCUT2D eigenvalue weighted by molar-refractivity contribution is 6.24. The van der Waals surface area contributed by atoms with Crippen LogP contribution in [0.2, 0.25) is 0 Å². The van der Waals surface area contributed by atoms with Crippen LogP contribution < -0.4 is 19.7 Å². The number of carbonyl (C=O) groups is 2. The molecular weight excluding hydrogens is 516 g/mol. The van der Waals surface area contributed by atoms with Crippen molar-refractivity contribution in [2.45, 2.75) is 40.0 Å². The molecule has 8 heteroatoms. The summed E-state index contributed by atoms with van der Waals surface area (Å²) in [5.41, 5.74) is 4.44. The maximum absolute atomic E-state index is 13.4. The van der Waals surface area contributed by atoms with Crippen LogP contribution >= 0.6 is 0 Å². The van der Waals surface area contributed by atoms with E-state index in [-0.39, 0.29) is 11.8 Å². The number of hydrogen-bond donors (Lipinski definition) is 1. The van der Waals surface area contributed by atoms with E-state index in [2.05, 4.69) is 24.1 Å². The number of fused-ring (bicyclic) bond motifs is 1. The minimum Gasteiger partial charge on any atom is -0.490 e. The second-order valence-electron chi connectivity index (χ2n) is 9.78. The van der Waals surface area contributed by atoms with Crippen molar-refractivity contribution >= 4 is 34.6 Å². The Morgan fingerprint density at radius 1 is 0.902 bits per heavy atom. The van der Waals surface area contributed by atoms with Gasteiger partial charge in [0.05, 0.1) is 24.6 Å². The Morgan fingerprint density at radius 2 is 1.54 bits per heavy atom. The SMILES string of the molecule is CCOc1cc2c(cc1OCC)C(C(=Nc1ccc(N(C)C(=O)CCN(CC)CC)cc1)c1ccccc1)C(=O)N2. The fourth-order valence-corrected chi connectivity index (χ4v) is 4.98. The van der Waals surface area contributed by atoms with Gasteiger partial charge in [0.15, 0.2) is 11.5 Å². The van der Waals surface area contributed by atoms with E-state index >= 15 is 0 Å². The van der Waals surface area contributed by atoms with Gasteiger partial charge >= 0.3 is 0 Å². The molecule has 1 heterocycles. The molecule has 1 unspecified atom stereocenters. The summed E-state index contributed by atoms with van der Waals surface area (Å²) < 4.78 is 11.6. The molecule has 1 aliphatic heterocycles. The average molecular weight is 557 g/mol. The first-order valence-electron chi connectivity index (χ1n) is 14.4. The molecule has 41 heavy (non-hydrogen) atoms. The molecule has 1 atom stereocenters. The second-order valence-corrected chi connectivity index (χ2v) is 9.78. The molecule has 0 aromatic heterocycles. The quantitative estimate of drug-likeness (QED) is 0.260. The van der Waals surface area contributed by atoms with Gasteiger partial charge < -0.3 is 24.6 Å². The number of hydrogen-bond acceptors (Lipinski definition) is 6. The molecule has 0 saturated heterocycles. The maximum atomic E-state index is 13.4. The number of aliphatic imine (C=N–C) groups is 1. The molecule has 0 radical (unpaired) electrons. The number of benzene rings is 3. The van der Waals surface area contributed by atoms with Gasteiger partial charge in [0, 0.05) is 37.5 Å². The van der Waals surface area contributed by atoms with E-state index in [9.17, 15) is 9.59 Å². The first-order chi connectivity index (χ1) is 19.9. The lowest BCUT2D eigenvalue weighted by Gasteiger charge is -2.21. The smallest absolute Gasteiger partial charge is 0.238 e. The highest BCUT2D eigenvalue weighted by atomic mass is 16.5. The third-order valence-electron chi connectivity index (χ3n) is 7.29. The van der Waals surface area contributed by atoms with E-state index in [1.165, 1.54) is 0 Å². The average Bonchev–Trinajstić information content (AvgIpc) is 3.31. The van der Waals surface area contributed by atoms with Crippen LogP contribution in [-0.4, -0.2) is 62.3 Å². The summed E-state index contributed by atoms with van der Waals surface area (Å²) >= 11 is 0. The fourth-order valence-electron chi connectivity index (χ4n) is 4.98. The number of carbonyl (C=O) groups excluding carboxylic acids is 2. The van der Waals surface area contributed by atoms with E-state index in [0.717, 1.165) is 36.4 Å². The molecule has 4 rings (SSSR count). The lowest BCUT2D eigenvalue weighted by Crippen LogP contribution is -2.32. The molecule has 3 aromatic carbocycles. The summed E-state index contributed by atoms with van der Waals surface area (Å²) in [4.78, 5) is 35.1. The van der Waals surface area contributed by atoms with Crippen LogP contribution in [0.3, 0.4) is 0 Å². The number of amides is 2. The zero-order valence-electron chi connectivity index (χ0n) is 24.6. The first-order valence-corrected chi connectivity index (χ1v) is 14.4. The standard InChI is InChI=1S/C33H40N4O4/c1-6-37(7-2)20-19-30(38)36(5)25-17-15-24(16-18-25)34-32(23-13-11-10-12-14-23)31-26-21-28(40-8-3)29(41-9-4)22-27(26)35-33(31)39/h10-18,21-22,31H,6-9,19-20H2,1-5H3,(H,35,39). The lowest BCUT2D eigenvalue weighted by atomic mass is 9.90. The van der Waals surface area contributed by atoms with Crippen molar-refractivity contribution in [3.63, 3.8) is 0 Å². The van der Waals surface area contributed by atoms with E-state index in [4.69, 9.17) is 14.5 Å². The van der Waals surface area contributed by atoms with Gasteiger partial charge in [0.1, 0.15) is 5.92 Å². The third kappa shape index (κ3) is 6.95. The van der Waals surface area contributed by atoms with Crippen molar-refractivity contribution in [3.8, 4) is 11.5 Å². The zero-order valence-corrected chi connectivity index (χ0v) is 24.6. The Labute approximate surface area is 243 Å². The second kappa shape index (κ2) is 13.9. The van der Waals surface area contributed by atoms with Gasteiger partial charge in [0.2, 0.25) is 11.8 Å². The molecule has 0 bridgehead atoms. The number of rotatable bonds is 13. The predicted octanol–water partition coefficient (Wildman–Crippen LogP) is 6.04. The Morgan fingerprint density at radius 3 is 2.15 bits per heavy atom. The molecule has 1 N–H and O–H groups in total. The predicted molar refractivity (Wildman–Crippen MR) is 165 cm³/mol. The maximum Gasteiger partial charge on any atom is 0.238 e. The highest BCUT2D eigenvalue weighted by Gasteiger charge is 2.37. The zero-order chi connectivity index (χ0) is 29.4. The molecule has 8 nitrogen and oxygen atoms in total. The van der Waals surface area contributed by atoms with Crippen LogP contribution in [0.5, 0.6) is 11.5 Å². The minimum absolute atomic E-state index is 0.0638. The minimum atomic E-state index is -0.633. The van der Waals surface area contributed by atoms with Crippen LogP contribution in [0, 0.1) is 0 Å². The van der Waals surface area contributed by atoms with E-state index in [0.29, 0.717) is 48.2 Å². The molecule has 0 saturated carbocycles. The summed E-state index contributed by atoms with van der Waals surface area (Å²) in [7, 11) is 1.80. The molecule has 0 aliphatic carbocycles. The van der Waals surface area contributed by atoms with Gasteiger partial charge in [0.25, 0.3) is 0 Å². The van der Waals surface area contributed by atoms with Gasteiger partial charge in [-0.15, -0.1) is 0 Å². The normalized spacial score (nSPS) is 14.5. The Balaban J connectivity index is 1.66. The van der Waals surface area contributed by atoms with Crippen molar-refractivity contribution < 1.29 is 19.1 Å². The van der Waals surface area contributed by atoms with Gasteiger partial charge in [-0.25, -0.2) is 0 Å². The largest absolute Gasteiger partial charge is 0.490 e. The van der Waals surface area contributed by atoms with Gasteiger partial charge in [-0.1, -0.05) is 44.2 Å². The number of nitrogens with zero attached hydrogens (tertiary/aromatic N) is 3. The van der Waals surface area contributed by atoms with E-state index in [1.807, 2.05) is 80.6 Å². The molecule has 0 spiro atoms. The third-order valence-corrected chi connectivity index (χ3v) is 7.29. The fraction of sp³-hybridized carbons (Fsp3) is 0.364. The van der Waals surface area contributed by atoms with Crippen molar-refractivity contribution in [2.75, 3.05) is 50.1 Å². The van der Waals surface area contributed by atoms with Crippen LogP contribution in [0.1, 0.15) is 51.2 Å². The first kappa shape index (κ1) is 29.8. The topological polar surface area (TPSA) is 83.5 Å². The Hall–Kier alpha value is -4.17. The highest BCUT2D eigenvalue weighted by Crippen LogP contribution is 2.43. The summed E-state index contributed by atoms with van der Waals surface area (Å²) in [6.07, 6.45) is 0.460. The molecule has 0 fully saturated rings.